The lowest BCUT2D eigenvalue weighted by Crippen LogP contribution is -2.48. The van der Waals surface area contributed by atoms with E-state index in [4.69, 9.17) is 11.5 Å². The first-order chi connectivity index (χ1) is 9.95. The monoisotopic (exact) mass is 292 g/mol. The van der Waals surface area contributed by atoms with Crippen molar-refractivity contribution in [3.63, 3.8) is 0 Å². The molecule has 6 nitrogen and oxygen atoms in total. The van der Waals surface area contributed by atoms with Crippen molar-refractivity contribution in [2.45, 2.75) is 32.9 Å². The molecule has 0 spiro atoms. The number of nitrogens with two attached hydrogens (primary N) is 2. The summed E-state index contributed by atoms with van der Waals surface area (Å²) in [5.74, 6) is -0.591. The van der Waals surface area contributed by atoms with Gasteiger partial charge >= 0.3 is 0 Å². The van der Waals surface area contributed by atoms with Crippen LogP contribution in [0.15, 0.2) is 24.3 Å². The Bertz CT molecular complexity index is 490. The number of anilines is 1. The molecule has 0 saturated heterocycles. The third-order valence-corrected chi connectivity index (χ3v) is 3.26. The summed E-state index contributed by atoms with van der Waals surface area (Å²) in [5, 5.41) is 2.82. The zero-order valence-corrected chi connectivity index (χ0v) is 12.6. The first kappa shape index (κ1) is 17.0. The van der Waals surface area contributed by atoms with Crippen LogP contribution < -0.4 is 16.8 Å². The van der Waals surface area contributed by atoms with E-state index < -0.39 is 11.9 Å². The van der Waals surface area contributed by atoms with Crippen LogP contribution in [0.4, 0.5) is 5.69 Å². The van der Waals surface area contributed by atoms with E-state index in [0.29, 0.717) is 18.8 Å². The Hall–Kier alpha value is -2.08. The molecule has 0 radical (unpaired) electrons. The Balaban J connectivity index is 2.82. The van der Waals surface area contributed by atoms with Gasteiger partial charge in [-0.25, -0.2) is 0 Å². The molecule has 0 fully saturated rings. The van der Waals surface area contributed by atoms with E-state index >= 15 is 0 Å². The van der Waals surface area contributed by atoms with E-state index in [2.05, 4.69) is 5.32 Å². The molecule has 0 aliphatic rings. The van der Waals surface area contributed by atoms with Gasteiger partial charge in [0.1, 0.15) is 0 Å². The van der Waals surface area contributed by atoms with Crippen LogP contribution in [0.3, 0.4) is 0 Å². The van der Waals surface area contributed by atoms with Crippen LogP contribution in [-0.2, 0) is 16.1 Å². The second-order valence-corrected chi connectivity index (χ2v) is 5.04. The summed E-state index contributed by atoms with van der Waals surface area (Å²) in [7, 11) is 0. The minimum atomic E-state index is -0.473. The third kappa shape index (κ3) is 5.43. The zero-order valence-electron chi connectivity index (χ0n) is 12.6. The lowest BCUT2D eigenvalue weighted by molar-refractivity contribution is -0.127. The molecule has 0 aliphatic carbocycles. The predicted molar refractivity (Wildman–Crippen MR) is 83.2 cm³/mol. The van der Waals surface area contributed by atoms with Crippen molar-refractivity contribution in [3.8, 4) is 0 Å². The number of benzene rings is 1. The number of hydrogen-bond acceptors (Lipinski definition) is 4. The molecule has 1 aromatic rings. The Morgan fingerprint density at radius 1 is 1.33 bits per heavy atom. The quantitative estimate of drug-likeness (QED) is 0.606. The smallest absolute Gasteiger partial charge is 0.237 e. The number of carbonyl (C=O) groups is 2. The predicted octanol–water partition coefficient (Wildman–Crippen LogP) is 0.471. The zero-order chi connectivity index (χ0) is 15.8. The van der Waals surface area contributed by atoms with Crippen molar-refractivity contribution < 1.29 is 9.59 Å². The maximum Gasteiger partial charge on any atom is 0.237 e. The molecule has 0 heterocycles. The molecule has 0 bridgehead atoms. The lowest BCUT2D eigenvalue weighted by atomic mass is 10.1. The Morgan fingerprint density at radius 3 is 2.57 bits per heavy atom. The van der Waals surface area contributed by atoms with Gasteiger partial charge in [-0.2, -0.15) is 0 Å². The van der Waals surface area contributed by atoms with E-state index in [1.807, 2.05) is 25.1 Å². The van der Waals surface area contributed by atoms with Crippen molar-refractivity contribution >= 4 is 17.5 Å². The SMILES string of the molecule is CCCNC(=O)C(C)N(CC(N)=O)Cc1ccccc1N. The number of nitrogen functional groups attached to an aromatic ring is 1. The summed E-state index contributed by atoms with van der Waals surface area (Å²) < 4.78 is 0. The molecule has 0 aromatic heterocycles. The molecule has 1 rings (SSSR count). The van der Waals surface area contributed by atoms with Gasteiger partial charge in [-0.15, -0.1) is 0 Å². The summed E-state index contributed by atoms with van der Waals surface area (Å²) >= 11 is 0. The largest absolute Gasteiger partial charge is 0.398 e. The van der Waals surface area contributed by atoms with Gasteiger partial charge in [-0.05, 0) is 25.0 Å². The molecule has 0 aliphatic heterocycles. The minimum absolute atomic E-state index is 0.00897. The van der Waals surface area contributed by atoms with Gasteiger partial charge in [0.2, 0.25) is 11.8 Å². The Kier molecular flexibility index (Phi) is 6.68. The van der Waals surface area contributed by atoms with Crippen LogP contribution in [0.2, 0.25) is 0 Å². The van der Waals surface area contributed by atoms with Crippen LogP contribution in [0, 0.1) is 0 Å². The normalized spacial score (nSPS) is 12.1. The van der Waals surface area contributed by atoms with Crippen molar-refractivity contribution in [1.82, 2.24) is 10.2 Å². The van der Waals surface area contributed by atoms with Crippen molar-refractivity contribution in [2.24, 2.45) is 5.73 Å². The van der Waals surface area contributed by atoms with E-state index in [1.54, 1.807) is 17.9 Å². The molecule has 2 amide bonds. The summed E-state index contributed by atoms with van der Waals surface area (Å²) in [4.78, 5) is 25.0. The van der Waals surface area contributed by atoms with Gasteiger partial charge < -0.3 is 16.8 Å². The number of primary amides is 1. The highest BCUT2D eigenvalue weighted by Gasteiger charge is 2.23. The number of para-hydroxylation sites is 1. The number of carbonyl (C=O) groups excluding carboxylic acids is 2. The van der Waals surface area contributed by atoms with Crippen LogP contribution in [0.1, 0.15) is 25.8 Å². The van der Waals surface area contributed by atoms with Gasteiger partial charge in [0.15, 0.2) is 0 Å². The van der Waals surface area contributed by atoms with E-state index in [1.165, 1.54) is 0 Å². The average molecular weight is 292 g/mol. The molecule has 21 heavy (non-hydrogen) atoms. The molecule has 6 heteroatoms. The molecular weight excluding hydrogens is 268 g/mol. The van der Waals surface area contributed by atoms with Crippen molar-refractivity contribution in [2.75, 3.05) is 18.8 Å². The average Bonchev–Trinajstić information content (AvgIpc) is 2.45. The molecular formula is C15H24N4O2. The van der Waals surface area contributed by atoms with Gasteiger partial charge in [0.05, 0.1) is 12.6 Å². The van der Waals surface area contributed by atoms with Crippen LogP contribution in [0.5, 0.6) is 0 Å². The summed E-state index contributed by atoms with van der Waals surface area (Å²) in [6.07, 6.45) is 0.861. The topological polar surface area (TPSA) is 101 Å². The first-order valence-corrected chi connectivity index (χ1v) is 7.09. The Morgan fingerprint density at radius 2 is 2.00 bits per heavy atom. The first-order valence-electron chi connectivity index (χ1n) is 7.09. The number of hydrogen-bond donors (Lipinski definition) is 3. The fourth-order valence-electron chi connectivity index (χ4n) is 1.99. The highest BCUT2D eigenvalue weighted by Crippen LogP contribution is 2.15. The minimum Gasteiger partial charge on any atom is -0.398 e. The number of amides is 2. The van der Waals surface area contributed by atoms with E-state index in [0.717, 1.165) is 12.0 Å². The van der Waals surface area contributed by atoms with Crippen molar-refractivity contribution in [3.05, 3.63) is 29.8 Å². The molecule has 0 saturated carbocycles. The summed E-state index contributed by atoms with van der Waals surface area (Å²) in [5.41, 5.74) is 12.7. The molecule has 1 unspecified atom stereocenters. The van der Waals surface area contributed by atoms with Crippen LogP contribution in [-0.4, -0.2) is 35.8 Å². The van der Waals surface area contributed by atoms with Crippen molar-refractivity contribution in [1.29, 1.82) is 0 Å². The maximum atomic E-state index is 12.1. The summed E-state index contributed by atoms with van der Waals surface area (Å²) in [6.45, 7) is 4.76. The van der Waals surface area contributed by atoms with Crippen LogP contribution >= 0.6 is 0 Å². The van der Waals surface area contributed by atoms with Gasteiger partial charge in [0.25, 0.3) is 0 Å². The highest BCUT2D eigenvalue weighted by atomic mass is 16.2. The summed E-state index contributed by atoms with van der Waals surface area (Å²) in [6, 6.07) is 6.92. The molecule has 1 aromatic carbocycles. The van der Waals surface area contributed by atoms with Crippen LogP contribution in [0.25, 0.3) is 0 Å². The lowest BCUT2D eigenvalue weighted by Gasteiger charge is -2.27. The second kappa shape index (κ2) is 8.26. The van der Waals surface area contributed by atoms with Gasteiger partial charge in [-0.1, -0.05) is 25.1 Å². The third-order valence-electron chi connectivity index (χ3n) is 3.26. The molecule has 5 N–H and O–H groups in total. The molecule has 116 valence electrons. The fourth-order valence-corrected chi connectivity index (χ4v) is 1.99. The number of nitrogens with zero attached hydrogens (tertiary/aromatic N) is 1. The van der Waals surface area contributed by atoms with Gasteiger partial charge in [0, 0.05) is 18.8 Å². The highest BCUT2D eigenvalue weighted by molar-refractivity contribution is 5.82. The van der Waals surface area contributed by atoms with E-state index in [9.17, 15) is 9.59 Å². The number of rotatable bonds is 8. The maximum absolute atomic E-state index is 12.1. The molecule has 1 atom stereocenters. The number of nitrogens with one attached hydrogen (secondary N) is 1. The Labute approximate surface area is 125 Å². The standard InChI is InChI=1S/C15H24N4O2/c1-3-8-18-15(21)11(2)19(10-14(17)20)9-12-6-4-5-7-13(12)16/h4-7,11H,3,8-10,16H2,1-2H3,(H2,17,20)(H,18,21). The second-order valence-electron chi connectivity index (χ2n) is 5.04. The van der Waals surface area contributed by atoms with Gasteiger partial charge in [-0.3, -0.25) is 14.5 Å². The fraction of sp³-hybridized carbons (Fsp3) is 0.467. The van der Waals surface area contributed by atoms with E-state index in [-0.39, 0.29) is 12.5 Å².